The summed E-state index contributed by atoms with van der Waals surface area (Å²) in [6.45, 7) is 1.76. The maximum atomic E-state index is 13.0. The molecule has 0 saturated carbocycles. The molecule has 0 fully saturated rings. The van der Waals surface area contributed by atoms with Crippen LogP contribution in [0.5, 0.6) is 0 Å². The smallest absolute Gasteiger partial charge is 0.348 e. The molecular formula is C25H19F3N6. The van der Waals surface area contributed by atoms with Gasteiger partial charge in [-0.25, -0.2) is 15.0 Å². The summed E-state index contributed by atoms with van der Waals surface area (Å²) < 4.78 is 39.1. The maximum absolute atomic E-state index is 13.0. The number of imidazole rings is 1. The number of alkyl halides is 3. The zero-order valence-electron chi connectivity index (χ0n) is 18.0. The van der Waals surface area contributed by atoms with Crippen LogP contribution in [0.15, 0.2) is 79.3 Å². The molecule has 0 amide bonds. The second kappa shape index (κ2) is 8.58. The number of fused-ring (bicyclic) bond motifs is 1. The molecule has 1 atom stereocenters. The van der Waals surface area contributed by atoms with Crippen LogP contribution >= 0.6 is 0 Å². The average Bonchev–Trinajstić information content (AvgIpc) is 3.28. The molecule has 3 heterocycles. The van der Waals surface area contributed by atoms with E-state index < -0.39 is 17.8 Å². The minimum absolute atomic E-state index is 0.292. The number of rotatable bonds is 5. The summed E-state index contributed by atoms with van der Waals surface area (Å²) in [5, 5.41) is 3.07. The highest BCUT2D eigenvalue weighted by Crippen LogP contribution is 2.31. The van der Waals surface area contributed by atoms with Crippen molar-refractivity contribution < 1.29 is 13.2 Å². The van der Waals surface area contributed by atoms with E-state index in [0.717, 1.165) is 34.3 Å². The van der Waals surface area contributed by atoms with Crippen LogP contribution < -0.4 is 5.32 Å². The molecule has 2 aromatic carbocycles. The summed E-state index contributed by atoms with van der Waals surface area (Å²) in [5.74, 6) is 0.861. The number of anilines is 1. The molecule has 5 rings (SSSR count). The van der Waals surface area contributed by atoms with Crippen molar-refractivity contribution in [3.8, 4) is 22.6 Å². The van der Waals surface area contributed by atoms with Gasteiger partial charge in [-0.3, -0.25) is 4.98 Å². The predicted octanol–water partition coefficient (Wildman–Crippen LogP) is 6.27. The van der Waals surface area contributed by atoms with E-state index in [0.29, 0.717) is 23.0 Å². The molecule has 0 radical (unpaired) electrons. The molecular weight excluding hydrogens is 441 g/mol. The van der Waals surface area contributed by atoms with Gasteiger partial charge in [0.15, 0.2) is 5.82 Å². The molecule has 5 aromatic rings. The average molecular weight is 460 g/mol. The molecule has 0 aliphatic heterocycles. The Labute approximate surface area is 193 Å². The fourth-order valence-electron chi connectivity index (χ4n) is 3.68. The fraction of sp³-hybridized carbons (Fsp3) is 0.120. The minimum atomic E-state index is -4.40. The molecule has 0 aliphatic rings. The number of halogens is 3. The van der Waals surface area contributed by atoms with Crippen molar-refractivity contribution >= 4 is 17.0 Å². The van der Waals surface area contributed by atoms with Gasteiger partial charge in [0.25, 0.3) is 0 Å². The van der Waals surface area contributed by atoms with E-state index in [1.807, 2.05) is 30.3 Å². The highest BCUT2D eigenvalue weighted by molar-refractivity contribution is 5.84. The largest absolute Gasteiger partial charge is 0.416 e. The van der Waals surface area contributed by atoms with Crippen LogP contribution in [0.3, 0.4) is 0 Å². The van der Waals surface area contributed by atoms with Crippen molar-refractivity contribution in [1.29, 1.82) is 0 Å². The van der Waals surface area contributed by atoms with E-state index in [9.17, 15) is 13.2 Å². The lowest BCUT2D eigenvalue weighted by atomic mass is 10.1. The lowest BCUT2D eigenvalue weighted by molar-refractivity contribution is -0.137. The van der Waals surface area contributed by atoms with Crippen molar-refractivity contribution in [2.45, 2.75) is 19.1 Å². The Bertz CT molecular complexity index is 1450. The van der Waals surface area contributed by atoms with E-state index in [1.165, 1.54) is 6.07 Å². The Morgan fingerprint density at radius 3 is 2.50 bits per heavy atom. The van der Waals surface area contributed by atoms with Crippen LogP contribution in [-0.2, 0) is 6.18 Å². The summed E-state index contributed by atoms with van der Waals surface area (Å²) in [6, 6.07) is 16.3. The lowest BCUT2D eigenvalue weighted by Crippen LogP contribution is -2.12. The summed E-state index contributed by atoms with van der Waals surface area (Å²) >= 11 is 0. The van der Waals surface area contributed by atoms with Crippen LogP contribution in [0.25, 0.3) is 33.7 Å². The van der Waals surface area contributed by atoms with Gasteiger partial charge < -0.3 is 10.3 Å². The molecule has 0 bridgehead atoms. The standard InChI is InChI=1S/C25H19F3N6/c1-15(17-3-2-4-19(13-17)25(26,27)28)31-24-30-12-9-21(34-24)23-32-20-6-5-18(14-22(20)33-23)16-7-10-29-11-8-16/h2-15H,1H3,(H,32,33)(H,30,31,34)/t15-/m0/s1. The third-order valence-corrected chi connectivity index (χ3v) is 5.45. The maximum Gasteiger partial charge on any atom is 0.416 e. The van der Waals surface area contributed by atoms with Gasteiger partial charge in [-0.15, -0.1) is 0 Å². The number of nitrogens with one attached hydrogen (secondary N) is 2. The minimum Gasteiger partial charge on any atom is -0.348 e. The Kier molecular flexibility index (Phi) is 5.45. The molecule has 0 unspecified atom stereocenters. The zero-order chi connectivity index (χ0) is 23.7. The number of benzene rings is 2. The number of H-pyrrole nitrogens is 1. The lowest BCUT2D eigenvalue weighted by Gasteiger charge is -2.16. The highest BCUT2D eigenvalue weighted by Gasteiger charge is 2.30. The molecule has 0 saturated heterocycles. The third-order valence-electron chi connectivity index (χ3n) is 5.45. The first kappa shape index (κ1) is 21.6. The van der Waals surface area contributed by atoms with Gasteiger partial charge in [0.2, 0.25) is 5.95 Å². The Morgan fingerprint density at radius 2 is 1.71 bits per heavy atom. The van der Waals surface area contributed by atoms with Crippen molar-refractivity contribution in [1.82, 2.24) is 24.9 Å². The van der Waals surface area contributed by atoms with Crippen molar-refractivity contribution in [3.05, 3.63) is 90.4 Å². The van der Waals surface area contributed by atoms with Gasteiger partial charge in [0.1, 0.15) is 5.69 Å². The topological polar surface area (TPSA) is 79.4 Å². The van der Waals surface area contributed by atoms with Crippen molar-refractivity contribution in [2.75, 3.05) is 5.32 Å². The van der Waals surface area contributed by atoms with Crippen LogP contribution in [0.2, 0.25) is 0 Å². The Morgan fingerprint density at radius 1 is 0.882 bits per heavy atom. The van der Waals surface area contributed by atoms with Gasteiger partial charge in [0, 0.05) is 18.6 Å². The second-order valence-corrected chi connectivity index (χ2v) is 7.81. The molecule has 0 aliphatic carbocycles. The van der Waals surface area contributed by atoms with Crippen molar-refractivity contribution in [2.24, 2.45) is 0 Å². The molecule has 3 aromatic heterocycles. The molecule has 0 spiro atoms. The zero-order valence-corrected chi connectivity index (χ0v) is 18.0. The SMILES string of the molecule is C[C@H](Nc1nccc(-c2nc3ccc(-c4ccncc4)cc3[nH]2)n1)c1cccc(C(F)(F)F)c1. The van der Waals surface area contributed by atoms with Crippen LogP contribution in [0.4, 0.5) is 19.1 Å². The van der Waals surface area contributed by atoms with E-state index >= 15 is 0 Å². The molecule has 170 valence electrons. The second-order valence-electron chi connectivity index (χ2n) is 7.81. The van der Waals surface area contributed by atoms with Gasteiger partial charge in [-0.2, -0.15) is 13.2 Å². The van der Waals surface area contributed by atoms with E-state index in [2.05, 4.69) is 30.2 Å². The van der Waals surface area contributed by atoms with Crippen molar-refractivity contribution in [3.63, 3.8) is 0 Å². The molecule has 2 N–H and O–H groups in total. The quantitative estimate of drug-likeness (QED) is 0.323. The monoisotopic (exact) mass is 460 g/mol. The number of hydrogen-bond donors (Lipinski definition) is 2. The molecule has 34 heavy (non-hydrogen) atoms. The number of pyridine rings is 1. The molecule has 6 nitrogen and oxygen atoms in total. The van der Waals surface area contributed by atoms with E-state index in [4.69, 9.17) is 0 Å². The third kappa shape index (κ3) is 4.45. The first-order valence-corrected chi connectivity index (χ1v) is 10.5. The van der Waals surface area contributed by atoms with Crippen LogP contribution in [0, 0.1) is 0 Å². The van der Waals surface area contributed by atoms with E-state index in [1.54, 1.807) is 37.6 Å². The van der Waals surface area contributed by atoms with Gasteiger partial charge in [-0.05, 0) is 66.1 Å². The number of aromatic amines is 1. The van der Waals surface area contributed by atoms with Gasteiger partial charge >= 0.3 is 6.18 Å². The van der Waals surface area contributed by atoms with Crippen LogP contribution in [0.1, 0.15) is 24.1 Å². The highest BCUT2D eigenvalue weighted by atomic mass is 19.4. The van der Waals surface area contributed by atoms with Gasteiger partial charge in [0.05, 0.1) is 22.6 Å². The fourth-order valence-corrected chi connectivity index (χ4v) is 3.68. The van der Waals surface area contributed by atoms with Gasteiger partial charge in [-0.1, -0.05) is 18.2 Å². The van der Waals surface area contributed by atoms with E-state index in [-0.39, 0.29) is 0 Å². The predicted molar refractivity (Wildman–Crippen MR) is 124 cm³/mol. The number of nitrogens with zero attached hydrogens (tertiary/aromatic N) is 4. The molecule has 9 heteroatoms. The Hall–Kier alpha value is -4.27. The summed E-state index contributed by atoms with van der Waals surface area (Å²) in [4.78, 5) is 20.7. The summed E-state index contributed by atoms with van der Waals surface area (Å²) in [5.41, 5.74) is 4.08. The number of aromatic nitrogens is 5. The normalized spacial score (nSPS) is 12.6. The summed E-state index contributed by atoms with van der Waals surface area (Å²) in [6.07, 6.45) is 0.672. The first-order chi connectivity index (χ1) is 16.4. The Balaban J connectivity index is 1.40. The number of hydrogen-bond acceptors (Lipinski definition) is 5. The summed E-state index contributed by atoms with van der Waals surface area (Å²) in [7, 11) is 0. The first-order valence-electron chi connectivity index (χ1n) is 10.5. The van der Waals surface area contributed by atoms with Crippen LogP contribution in [-0.4, -0.2) is 24.9 Å².